The number of thiazole rings is 1. The van der Waals surface area contributed by atoms with Gasteiger partial charge in [0, 0.05) is 27.3 Å². The summed E-state index contributed by atoms with van der Waals surface area (Å²) in [5.74, 6) is 0.761. The molecule has 0 bridgehead atoms. The smallest absolute Gasteiger partial charge is 0.255 e. The van der Waals surface area contributed by atoms with Crippen LogP contribution in [0.4, 0.5) is 5.69 Å². The van der Waals surface area contributed by atoms with Crippen molar-refractivity contribution in [3.63, 3.8) is 0 Å². The molecule has 0 saturated carbocycles. The highest BCUT2D eigenvalue weighted by Crippen LogP contribution is 2.23. The molecular formula is C19H18N2OS2. The number of benzene rings is 2. The SMILES string of the molecule is Cc1ccc(C)c(NC(=O)c2ccc(SCc3cscn3)cc2)c1. The lowest BCUT2D eigenvalue weighted by Crippen LogP contribution is -2.12. The Kier molecular flexibility index (Phi) is 5.33. The van der Waals surface area contributed by atoms with E-state index < -0.39 is 0 Å². The highest BCUT2D eigenvalue weighted by Gasteiger charge is 2.08. The molecule has 0 fully saturated rings. The highest BCUT2D eigenvalue weighted by atomic mass is 32.2. The van der Waals surface area contributed by atoms with E-state index in [1.165, 1.54) is 0 Å². The van der Waals surface area contributed by atoms with Crippen molar-refractivity contribution in [1.29, 1.82) is 0 Å². The first-order valence-corrected chi connectivity index (χ1v) is 9.53. The fourth-order valence-corrected chi connectivity index (χ4v) is 3.70. The van der Waals surface area contributed by atoms with Crippen LogP contribution in [-0.2, 0) is 5.75 Å². The minimum absolute atomic E-state index is 0.0836. The monoisotopic (exact) mass is 354 g/mol. The second kappa shape index (κ2) is 7.64. The van der Waals surface area contributed by atoms with Gasteiger partial charge in [0.25, 0.3) is 5.91 Å². The van der Waals surface area contributed by atoms with Gasteiger partial charge in [-0.15, -0.1) is 23.1 Å². The lowest BCUT2D eigenvalue weighted by atomic mass is 10.1. The maximum Gasteiger partial charge on any atom is 0.255 e. The van der Waals surface area contributed by atoms with Crippen LogP contribution in [0.2, 0.25) is 0 Å². The minimum Gasteiger partial charge on any atom is -0.322 e. The lowest BCUT2D eigenvalue weighted by molar-refractivity contribution is 0.102. The van der Waals surface area contributed by atoms with E-state index in [0.717, 1.165) is 33.2 Å². The molecule has 1 amide bonds. The van der Waals surface area contributed by atoms with Gasteiger partial charge < -0.3 is 5.32 Å². The van der Waals surface area contributed by atoms with Crippen molar-refractivity contribution in [1.82, 2.24) is 4.98 Å². The van der Waals surface area contributed by atoms with Crippen molar-refractivity contribution < 1.29 is 4.79 Å². The zero-order chi connectivity index (χ0) is 16.9. The van der Waals surface area contributed by atoms with E-state index in [0.29, 0.717) is 5.56 Å². The summed E-state index contributed by atoms with van der Waals surface area (Å²) in [6, 6.07) is 13.7. The number of thioether (sulfide) groups is 1. The minimum atomic E-state index is -0.0836. The maximum absolute atomic E-state index is 12.4. The summed E-state index contributed by atoms with van der Waals surface area (Å²) in [5, 5.41) is 5.04. The fourth-order valence-electron chi connectivity index (χ4n) is 2.23. The first-order valence-electron chi connectivity index (χ1n) is 7.60. The number of carbonyl (C=O) groups excluding carboxylic acids is 1. The van der Waals surface area contributed by atoms with Crippen LogP contribution < -0.4 is 5.32 Å². The standard InChI is InChI=1S/C19H18N2OS2/c1-13-3-4-14(2)18(9-13)21-19(22)15-5-7-17(8-6-15)24-11-16-10-23-12-20-16/h3-10,12H,11H2,1-2H3,(H,21,22). The molecule has 0 aliphatic rings. The maximum atomic E-state index is 12.4. The van der Waals surface area contributed by atoms with Crippen molar-refractivity contribution in [2.75, 3.05) is 5.32 Å². The third-order valence-electron chi connectivity index (χ3n) is 3.63. The fraction of sp³-hybridized carbons (Fsp3) is 0.158. The molecule has 5 heteroatoms. The molecule has 0 aliphatic heterocycles. The number of aryl methyl sites for hydroxylation is 2. The number of nitrogens with one attached hydrogen (secondary N) is 1. The first kappa shape index (κ1) is 16.7. The molecule has 0 unspecified atom stereocenters. The predicted molar refractivity (Wildman–Crippen MR) is 102 cm³/mol. The van der Waals surface area contributed by atoms with Crippen LogP contribution in [0.1, 0.15) is 27.2 Å². The second-order valence-corrected chi connectivity index (χ2v) is 7.33. The van der Waals surface area contributed by atoms with Gasteiger partial charge >= 0.3 is 0 Å². The van der Waals surface area contributed by atoms with Crippen molar-refractivity contribution in [3.05, 3.63) is 75.7 Å². The average molecular weight is 354 g/mol. The molecule has 0 atom stereocenters. The normalized spacial score (nSPS) is 10.6. The Hall–Kier alpha value is -2.11. The van der Waals surface area contributed by atoms with Crippen LogP contribution in [0.5, 0.6) is 0 Å². The Morgan fingerprint density at radius 2 is 1.96 bits per heavy atom. The van der Waals surface area contributed by atoms with Gasteiger partial charge in [-0.1, -0.05) is 12.1 Å². The first-order chi connectivity index (χ1) is 11.6. The number of amides is 1. The van der Waals surface area contributed by atoms with Crippen molar-refractivity contribution >= 4 is 34.7 Å². The van der Waals surface area contributed by atoms with Gasteiger partial charge in [0.2, 0.25) is 0 Å². The molecule has 1 heterocycles. The van der Waals surface area contributed by atoms with E-state index in [1.807, 2.05) is 61.8 Å². The summed E-state index contributed by atoms with van der Waals surface area (Å²) in [7, 11) is 0. The third kappa shape index (κ3) is 4.24. The lowest BCUT2D eigenvalue weighted by Gasteiger charge is -2.10. The van der Waals surface area contributed by atoms with Crippen LogP contribution in [-0.4, -0.2) is 10.9 Å². The van der Waals surface area contributed by atoms with Crippen LogP contribution >= 0.6 is 23.1 Å². The van der Waals surface area contributed by atoms with E-state index in [4.69, 9.17) is 0 Å². The number of rotatable bonds is 5. The quantitative estimate of drug-likeness (QED) is 0.632. The summed E-state index contributed by atoms with van der Waals surface area (Å²) >= 11 is 3.33. The molecule has 0 saturated heterocycles. The van der Waals surface area contributed by atoms with Gasteiger partial charge in [-0.2, -0.15) is 0 Å². The molecule has 0 radical (unpaired) electrons. The Labute approximate surface area is 150 Å². The molecule has 122 valence electrons. The van der Waals surface area contributed by atoms with Crippen LogP contribution in [0.15, 0.2) is 58.3 Å². The Morgan fingerprint density at radius 3 is 2.67 bits per heavy atom. The van der Waals surface area contributed by atoms with Gasteiger partial charge in [0.15, 0.2) is 0 Å². The number of hydrogen-bond donors (Lipinski definition) is 1. The van der Waals surface area contributed by atoms with Crippen LogP contribution in [0.3, 0.4) is 0 Å². The molecule has 2 aromatic carbocycles. The number of hydrogen-bond acceptors (Lipinski definition) is 4. The molecule has 24 heavy (non-hydrogen) atoms. The predicted octanol–water partition coefficient (Wildman–Crippen LogP) is 5.30. The third-order valence-corrected chi connectivity index (χ3v) is 5.31. The van der Waals surface area contributed by atoms with E-state index in [-0.39, 0.29) is 5.91 Å². The van der Waals surface area contributed by atoms with E-state index >= 15 is 0 Å². The summed E-state index contributed by atoms with van der Waals surface area (Å²) in [6.07, 6.45) is 0. The van der Waals surface area contributed by atoms with Crippen LogP contribution in [0.25, 0.3) is 0 Å². The highest BCUT2D eigenvalue weighted by molar-refractivity contribution is 7.98. The van der Waals surface area contributed by atoms with Gasteiger partial charge in [-0.3, -0.25) is 4.79 Å². The molecule has 1 N–H and O–H groups in total. The second-order valence-electron chi connectivity index (χ2n) is 5.57. The average Bonchev–Trinajstić information content (AvgIpc) is 3.10. The zero-order valence-corrected chi connectivity index (χ0v) is 15.2. The Bertz CT molecular complexity index is 827. The molecule has 0 spiro atoms. The summed E-state index contributed by atoms with van der Waals surface area (Å²) in [5.41, 5.74) is 6.64. The molecule has 3 nitrogen and oxygen atoms in total. The molecular weight excluding hydrogens is 336 g/mol. The van der Waals surface area contributed by atoms with E-state index in [2.05, 4.69) is 15.7 Å². The van der Waals surface area contributed by atoms with Crippen molar-refractivity contribution in [3.8, 4) is 0 Å². The molecule has 3 aromatic rings. The van der Waals surface area contributed by atoms with E-state index in [1.54, 1.807) is 23.1 Å². The van der Waals surface area contributed by atoms with Gasteiger partial charge in [0.1, 0.15) is 0 Å². The summed E-state index contributed by atoms with van der Waals surface area (Å²) in [6.45, 7) is 4.01. The largest absolute Gasteiger partial charge is 0.322 e. The topological polar surface area (TPSA) is 42.0 Å². The number of aromatic nitrogens is 1. The van der Waals surface area contributed by atoms with Crippen LogP contribution in [0, 0.1) is 13.8 Å². The number of anilines is 1. The van der Waals surface area contributed by atoms with Crippen molar-refractivity contribution in [2.45, 2.75) is 24.5 Å². The molecule has 0 aliphatic carbocycles. The summed E-state index contributed by atoms with van der Waals surface area (Å²) in [4.78, 5) is 17.8. The Morgan fingerprint density at radius 1 is 1.17 bits per heavy atom. The van der Waals surface area contributed by atoms with Gasteiger partial charge in [-0.25, -0.2) is 4.98 Å². The number of nitrogens with zero attached hydrogens (tertiary/aromatic N) is 1. The van der Waals surface area contributed by atoms with Gasteiger partial charge in [-0.05, 0) is 55.3 Å². The van der Waals surface area contributed by atoms with Gasteiger partial charge in [0.05, 0.1) is 11.2 Å². The molecule has 3 rings (SSSR count). The number of carbonyl (C=O) groups is 1. The van der Waals surface area contributed by atoms with E-state index in [9.17, 15) is 4.79 Å². The molecule has 1 aromatic heterocycles. The Balaban J connectivity index is 1.64. The summed E-state index contributed by atoms with van der Waals surface area (Å²) < 4.78 is 0. The zero-order valence-electron chi connectivity index (χ0n) is 13.6. The van der Waals surface area contributed by atoms with Crippen molar-refractivity contribution in [2.24, 2.45) is 0 Å².